The fourth-order valence-corrected chi connectivity index (χ4v) is 3.20. The predicted octanol–water partition coefficient (Wildman–Crippen LogP) is 1.35. The van der Waals surface area contributed by atoms with Crippen LogP contribution < -0.4 is 14.8 Å². The lowest BCUT2D eigenvalue weighted by molar-refractivity contribution is -0.119. The van der Waals surface area contributed by atoms with Gasteiger partial charge in [0.25, 0.3) is 0 Å². The summed E-state index contributed by atoms with van der Waals surface area (Å²) in [5, 5.41) is 7.02. The van der Waals surface area contributed by atoms with Crippen molar-refractivity contribution in [3.63, 3.8) is 0 Å². The Morgan fingerprint density at radius 1 is 1.33 bits per heavy atom. The number of aromatic nitrogens is 2. The quantitative estimate of drug-likeness (QED) is 0.908. The number of likely N-dealkylation sites (tertiary alicyclic amines) is 1. The van der Waals surface area contributed by atoms with Crippen molar-refractivity contribution in [2.75, 3.05) is 20.4 Å². The first-order chi connectivity index (χ1) is 11.6. The lowest BCUT2D eigenvalue weighted by Gasteiger charge is -2.13. The minimum atomic E-state index is -0.0272. The normalized spacial score (nSPS) is 22.8. The van der Waals surface area contributed by atoms with Gasteiger partial charge in [0.1, 0.15) is 0 Å². The van der Waals surface area contributed by atoms with Crippen LogP contribution in [0.25, 0.3) is 11.4 Å². The third-order valence-electron chi connectivity index (χ3n) is 4.31. The summed E-state index contributed by atoms with van der Waals surface area (Å²) in [4.78, 5) is 17.9. The molecule has 0 aliphatic carbocycles. The number of nitrogens with zero attached hydrogens (tertiary/aromatic N) is 3. The van der Waals surface area contributed by atoms with Crippen LogP contribution in [0.3, 0.4) is 0 Å². The second kappa shape index (κ2) is 5.79. The van der Waals surface area contributed by atoms with Gasteiger partial charge in [-0.1, -0.05) is 5.16 Å². The van der Waals surface area contributed by atoms with Gasteiger partial charge in [0.15, 0.2) is 11.5 Å². The van der Waals surface area contributed by atoms with Crippen LogP contribution in [0.1, 0.15) is 25.3 Å². The van der Waals surface area contributed by atoms with Crippen LogP contribution in [0.4, 0.5) is 0 Å². The van der Waals surface area contributed by atoms with Crippen LogP contribution in [0.2, 0.25) is 0 Å². The zero-order chi connectivity index (χ0) is 16.7. The zero-order valence-electron chi connectivity index (χ0n) is 13.5. The number of likely N-dealkylation sites (N-methyl/N-ethyl adjacent to an activating group) is 1. The molecule has 1 fully saturated rings. The van der Waals surface area contributed by atoms with Gasteiger partial charge in [0.05, 0.1) is 6.04 Å². The van der Waals surface area contributed by atoms with Crippen molar-refractivity contribution in [2.45, 2.75) is 25.4 Å². The Kier molecular flexibility index (Phi) is 3.61. The van der Waals surface area contributed by atoms with E-state index < -0.39 is 0 Å². The molecule has 0 unspecified atom stereocenters. The molecule has 0 radical (unpaired) electrons. The van der Waals surface area contributed by atoms with Crippen LogP contribution in [0.15, 0.2) is 22.7 Å². The number of hydrogen-bond acceptors (Lipinski definition) is 7. The summed E-state index contributed by atoms with van der Waals surface area (Å²) in [6, 6.07) is 5.65. The van der Waals surface area contributed by atoms with E-state index in [1.165, 1.54) is 6.92 Å². The number of fused-ring (bicyclic) bond motifs is 1. The predicted molar refractivity (Wildman–Crippen MR) is 83.4 cm³/mol. The van der Waals surface area contributed by atoms with E-state index in [-0.39, 0.29) is 24.8 Å². The molecule has 1 aromatic heterocycles. The molecule has 126 valence electrons. The molecule has 3 heterocycles. The van der Waals surface area contributed by atoms with Crippen LogP contribution >= 0.6 is 0 Å². The van der Waals surface area contributed by atoms with Crippen molar-refractivity contribution < 1.29 is 18.8 Å². The standard InChI is InChI=1S/C16H18N4O4/c1-9(21)17-11-6-12(20(2)7-11)16-18-15(19-24-16)10-3-4-13-14(5-10)23-8-22-13/h3-5,11-12H,6-8H2,1-2H3,(H,17,21)/t11-,12+/m1/s1. The molecule has 1 N–H and O–H groups in total. The van der Waals surface area contributed by atoms with Gasteiger partial charge < -0.3 is 19.3 Å². The zero-order valence-corrected chi connectivity index (χ0v) is 13.5. The van der Waals surface area contributed by atoms with Gasteiger partial charge in [0.2, 0.25) is 24.4 Å². The van der Waals surface area contributed by atoms with E-state index in [2.05, 4.69) is 20.4 Å². The van der Waals surface area contributed by atoms with Crippen molar-refractivity contribution in [3.05, 3.63) is 24.1 Å². The van der Waals surface area contributed by atoms with Gasteiger partial charge >= 0.3 is 0 Å². The van der Waals surface area contributed by atoms with E-state index in [9.17, 15) is 4.79 Å². The Hall–Kier alpha value is -2.61. The van der Waals surface area contributed by atoms with Crippen LogP contribution in [-0.4, -0.2) is 47.4 Å². The largest absolute Gasteiger partial charge is 0.454 e. The van der Waals surface area contributed by atoms with Gasteiger partial charge in [-0.3, -0.25) is 9.69 Å². The Balaban J connectivity index is 1.53. The summed E-state index contributed by atoms with van der Waals surface area (Å²) >= 11 is 0. The van der Waals surface area contributed by atoms with Crippen molar-refractivity contribution in [2.24, 2.45) is 0 Å². The highest BCUT2D eigenvalue weighted by molar-refractivity contribution is 5.73. The monoisotopic (exact) mass is 330 g/mol. The molecule has 0 spiro atoms. The molecule has 2 atom stereocenters. The lowest BCUT2D eigenvalue weighted by Crippen LogP contribution is -2.34. The molecule has 1 aromatic carbocycles. The second-order valence-electron chi connectivity index (χ2n) is 6.11. The summed E-state index contributed by atoms with van der Waals surface area (Å²) in [5.74, 6) is 2.44. The highest BCUT2D eigenvalue weighted by Crippen LogP contribution is 2.36. The third kappa shape index (κ3) is 2.69. The molecule has 1 amide bonds. The van der Waals surface area contributed by atoms with Crippen LogP contribution in [-0.2, 0) is 4.79 Å². The number of carbonyl (C=O) groups excluding carboxylic acids is 1. The number of carbonyl (C=O) groups is 1. The minimum absolute atomic E-state index is 0.00268. The Morgan fingerprint density at radius 3 is 3.00 bits per heavy atom. The molecule has 24 heavy (non-hydrogen) atoms. The molecule has 8 nitrogen and oxygen atoms in total. The van der Waals surface area contributed by atoms with Gasteiger partial charge in [-0.15, -0.1) is 0 Å². The van der Waals surface area contributed by atoms with E-state index in [0.717, 1.165) is 24.3 Å². The number of nitrogens with one attached hydrogen (secondary N) is 1. The molecule has 2 aliphatic rings. The molecule has 2 aliphatic heterocycles. The summed E-state index contributed by atoms with van der Waals surface area (Å²) in [7, 11) is 1.98. The van der Waals surface area contributed by atoms with E-state index in [0.29, 0.717) is 17.5 Å². The first-order valence-corrected chi connectivity index (χ1v) is 7.81. The van der Waals surface area contributed by atoms with Crippen LogP contribution in [0, 0.1) is 0 Å². The molecule has 1 saturated heterocycles. The molecule has 0 saturated carbocycles. The Labute approximate surface area is 138 Å². The van der Waals surface area contributed by atoms with Gasteiger partial charge in [-0.25, -0.2) is 0 Å². The highest BCUT2D eigenvalue weighted by Gasteiger charge is 2.35. The molecule has 0 bridgehead atoms. The number of benzene rings is 1. The summed E-state index contributed by atoms with van der Waals surface area (Å²) in [5.41, 5.74) is 0.813. The first-order valence-electron chi connectivity index (χ1n) is 7.81. The van der Waals surface area contributed by atoms with E-state index in [4.69, 9.17) is 14.0 Å². The lowest BCUT2D eigenvalue weighted by atomic mass is 10.1. The van der Waals surface area contributed by atoms with Crippen molar-refractivity contribution in [3.8, 4) is 22.9 Å². The summed E-state index contributed by atoms with van der Waals surface area (Å²) < 4.78 is 16.1. The second-order valence-corrected chi connectivity index (χ2v) is 6.11. The molecule has 2 aromatic rings. The molecular formula is C16H18N4O4. The minimum Gasteiger partial charge on any atom is -0.454 e. The average molecular weight is 330 g/mol. The maximum Gasteiger partial charge on any atom is 0.244 e. The molecule has 8 heteroatoms. The van der Waals surface area contributed by atoms with Crippen molar-refractivity contribution >= 4 is 5.91 Å². The SMILES string of the molecule is CC(=O)N[C@@H]1C[C@@H](c2nc(-c3ccc4c(c3)OCO4)no2)N(C)C1. The topological polar surface area (TPSA) is 89.7 Å². The van der Waals surface area contributed by atoms with Gasteiger partial charge in [-0.05, 0) is 31.7 Å². The maximum absolute atomic E-state index is 11.2. The smallest absolute Gasteiger partial charge is 0.244 e. The van der Waals surface area contributed by atoms with Gasteiger partial charge in [-0.2, -0.15) is 4.98 Å². The average Bonchev–Trinajstić information content (AvgIpc) is 3.24. The highest BCUT2D eigenvalue weighted by atomic mass is 16.7. The number of rotatable bonds is 3. The Morgan fingerprint density at radius 2 is 2.17 bits per heavy atom. The van der Waals surface area contributed by atoms with Crippen molar-refractivity contribution in [1.29, 1.82) is 0 Å². The number of amides is 1. The number of hydrogen-bond donors (Lipinski definition) is 1. The number of ether oxygens (including phenoxy) is 2. The van der Waals surface area contributed by atoms with Crippen LogP contribution in [0.5, 0.6) is 11.5 Å². The summed E-state index contributed by atoms with van der Waals surface area (Å²) in [6.45, 7) is 2.51. The van der Waals surface area contributed by atoms with E-state index >= 15 is 0 Å². The van der Waals surface area contributed by atoms with E-state index in [1.54, 1.807) is 0 Å². The maximum atomic E-state index is 11.2. The third-order valence-corrected chi connectivity index (χ3v) is 4.31. The molecular weight excluding hydrogens is 312 g/mol. The Bertz CT molecular complexity index is 775. The fourth-order valence-electron chi connectivity index (χ4n) is 3.20. The summed E-state index contributed by atoms with van der Waals surface area (Å²) in [6.07, 6.45) is 0.749. The van der Waals surface area contributed by atoms with Gasteiger partial charge in [0, 0.05) is 25.1 Å². The first kappa shape index (κ1) is 14.9. The van der Waals surface area contributed by atoms with Crippen molar-refractivity contribution in [1.82, 2.24) is 20.4 Å². The fraction of sp³-hybridized carbons (Fsp3) is 0.438. The van der Waals surface area contributed by atoms with E-state index in [1.807, 2.05) is 25.2 Å². The molecule has 4 rings (SSSR count).